The molecule has 1 radical (unpaired) electrons. The third-order valence-electron chi connectivity index (χ3n) is 5.56. The molecule has 0 nitrogen and oxygen atoms in total. The summed E-state index contributed by atoms with van der Waals surface area (Å²) in [7, 11) is 0. The summed E-state index contributed by atoms with van der Waals surface area (Å²) in [6.45, 7) is 2.24. The second-order valence-corrected chi connectivity index (χ2v) is 6.87. The number of hydrogen-bond donors (Lipinski definition) is 0. The average molecular weight is 213 g/mol. The lowest BCUT2D eigenvalue weighted by molar-refractivity contribution is -0.0284. The Morgan fingerprint density at radius 3 is 2.00 bits per heavy atom. The van der Waals surface area contributed by atoms with Gasteiger partial charge >= 0.3 is 0 Å². The first-order chi connectivity index (χ1) is 7.73. The largest absolute Gasteiger partial charge is 0.0726 e. The highest BCUT2D eigenvalue weighted by Crippen LogP contribution is 2.63. The van der Waals surface area contributed by atoms with E-state index >= 15 is 0 Å². The molecule has 0 N–H and O–H groups in total. The highest BCUT2D eigenvalue weighted by atomic mass is 14.6. The van der Waals surface area contributed by atoms with E-state index in [1.807, 2.05) is 0 Å². The summed E-state index contributed by atoms with van der Waals surface area (Å²) in [5.41, 5.74) is 3.76. The molecule has 0 aromatic rings. The van der Waals surface area contributed by atoms with Crippen LogP contribution in [0.4, 0.5) is 0 Å². The van der Waals surface area contributed by atoms with Gasteiger partial charge in [-0.05, 0) is 74.2 Å². The summed E-state index contributed by atoms with van der Waals surface area (Å²) in [4.78, 5) is 0. The second-order valence-electron chi connectivity index (χ2n) is 6.87. The van der Waals surface area contributed by atoms with Gasteiger partial charge in [0.1, 0.15) is 0 Å². The number of allylic oxidation sites excluding steroid dienone is 4. The van der Waals surface area contributed by atoms with Crippen LogP contribution in [0.15, 0.2) is 23.3 Å². The van der Waals surface area contributed by atoms with E-state index in [1.165, 1.54) is 24.8 Å². The molecule has 0 unspecified atom stereocenters. The maximum atomic E-state index is 2.47. The predicted molar refractivity (Wildman–Crippen MR) is 66.7 cm³/mol. The molecule has 16 heavy (non-hydrogen) atoms. The van der Waals surface area contributed by atoms with Crippen LogP contribution in [0.1, 0.15) is 45.4 Å². The van der Waals surface area contributed by atoms with E-state index < -0.39 is 0 Å². The molecule has 0 saturated heterocycles. The minimum Gasteiger partial charge on any atom is -0.0726 e. The maximum absolute atomic E-state index is 2.47. The van der Waals surface area contributed by atoms with Crippen LogP contribution in [0.5, 0.6) is 0 Å². The molecule has 4 bridgehead atoms. The Kier molecular flexibility index (Phi) is 1.80. The van der Waals surface area contributed by atoms with E-state index in [4.69, 9.17) is 0 Å². The van der Waals surface area contributed by atoms with Crippen molar-refractivity contribution in [3.63, 3.8) is 0 Å². The Balaban J connectivity index is 1.72. The van der Waals surface area contributed by atoms with Crippen LogP contribution in [0, 0.1) is 29.6 Å². The molecule has 0 amide bonds. The second kappa shape index (κ2) is 3.03. The highest BCUT2D eigenvalue weighted by Gasteiger charge is 2.52. The van der Waals surface area contributed by atoms with Crippen LogP contribution < -0.4 is 0 Å². The van der Waals surface area contributed by atoms with Crippen molar-refractivity contribution < 1.29 is 0 Å². The summed E-state index contributed by atoms with van der Waals surface area (Å²) in [5, 5.41) is 0. The molecule has 0 atom stereocenters. The van der Waals surface area contributed by atoms with Crippen LogP contribution >= 0.6 is 0 Å². The fourth-order valence-electron chi connectivity index (χ4n) is 5.36. The van der Waals surface area contributed by atoms with Crippen LogP contribution in [0.2, 0.25) is 0 Å². The van der Waals surface area contributed by atoms with Gasteiger partial charge in [-0.15, -0.1) is 0 Å². The smallest absolute Gasteiger partial charge is 0.00837 e. The first-order valence-corrected chi connectivity index (χ1v) is 6.97. The van der Waals surface area contributed by atoms with Crippen molar-refractivity contribution in [2.24, 2.45) is 23.2 Å². The summed E-state index contributed by atoms with van der Waals surface area (Å²) < 4.78 is 0. The van der Waals surface area contributed by atoms with E-state index in [2.05, 4.69) is 25.5 Å². The molecule has 0 aromatic carbocycles. The van der Waals surface area contributed by atoms with Gasteiger partial charge in [0.2, 0.25) is 0 Å². The molecule has 85 valence electrons. The minimum atomic E-state index is 0.614. The van der Waals surface area contributed by atoms with E-state index in [1.54, 1.807) is 24.8 Å². The molecule has 5 aliphatic carbocycles. The van der Waals surface area contributed by atoms with Gasteiger partial charge in [0.05, 0.1) is 0 Å². The van der Waals surface area contributed by atoms with E-state index in [0.717, 1.165) is 17.8 Å². The van der Waals surface area contributed by atoms with Crippen LogP contribution in [-0.4, -0.2) is 0 Å². The predicted octanol–water partition coefficient (Wildman–Crippen LogP) is 4.29. The van der Waals surface area contributed by atoms with Crippen LogP contribution in [0.25, 0.3) is 0 Å². The number of rotatable bonds is 1. The lowest BCUT2D eigenvalue weighted by Gasteiger charge is -2.57. The summed E-state index contributed by atoms with van der Waals surface area (Å²) >= 11 is 0. The number of hydrogen-bond acceptors (Lipinski definition) is 0. The molecule has 5 rings (SSSR count). The van der Waals surface area contributed by atoms with E-state index in [-0.39, 0.29) is 0 Å². The van der Waals surface area contributed by atoms with Crippen molar-refractivity contribution in [2.45, 2.75) is 45.4 Å². The standard InChI is InChI=1S/C16H21/c1-11-2-3-15(4-11)16-8-12-5-13(9-16)7-14(6-12)10-16/h2-4,12-14H,5-10H2,1H3. The van der Waals surface area contributed by atoms with Gasteiger partial charge in [-0.2, -0.15) is 0 Å². The topological polar surface area (TPSA) is 0 Å². The molecular weight excluding hydrogens is 192 g/mol. The van der Waals surface area contributed by atoms with Crippen molar-refractivity contribution in [2.75, 3.05) is 0 Å². The average Bonchev–Trinajstić information content (AvgIpc) is 2.63. The lowest BCUT2D eigenvalue weighted by atomic mass is 9.48. The Bertz CT molecular complexity index is 348. The molecular formula is C16H21. The van der Waals surface area contributed by atoms with Gasteiger partial charge in [0, 0.05) is 6.42 Å². The lowest BCUT2D eigenvalue weighted by Crippen LogP contribution is -2.46. The molecule has 0 heteroatoms. The molecule has 0 aliphatic heterocycles. The van der Waals surface area contributed by atoms with Crippen molar-refractivity contribution >= 4 is 0 Å². The molecule has 0 spiro atoms. The monoisotopic (exact) mass is 213 g/mol. The molecule has 0 aromatic heterocycles. The highest BCUT2D eigenvalue weighted by molar-refractivity contribution is 5.44. The van der Waals surface area contributed by atoms with Crippen molar-refractivity contribution in [1.29, 1.82) is 0 Å². The van der Waals surface area contributed by atoms with Gasteiger partial charge in [0.15, 0.2) is 0 Å². The SMILES string of the molecule is CC1=CC(C23CC4CC(CC(C4)C2)C3)=C[CH]1. The summed E-state index contributed by atoms with van der Waals surface area (Å²) in [6.07, 6.45) is 16.4. The molecule has 5 aliphatic rings. The Hall–Kier alpha value is -0.520. The first kappa shape index (κ1) is 9.50. The first-order valence-electron chi connectivity index (χ1n) is 6.97. The zero-order valence-corrected chi connectivity index (χ0v) is 10.2. The van der Waals surface area contributed by atoms with Gasteiger partial charge in [-0.1, -0.05) is 17.7 Å². The summed E-state index contributed by atoms with van der Waals surface area (Å²) in [6, 6.07) is 0. The van der Waals surface area contributed by atoms with Crippen LogP contribution in [0.3, 0.4) is 0 Å². The van der Waals surface area contributed by atoms with Crippen molar-refractivity contribution in [1.82, 2.24) is 0 Å². The Labute approximate surface area is 98.8 Å². The fourth-order valence-corrected chi connectivity index (χ4v) is 5.36. The van der Waals surface area contributed by atoms with Gasteiger partial charge in [0.25, 0.3) is 0 Å². The fraction of sp³-hybridized carbons (Fsp3) is 0.688. The van der Waals surface area contributed by atoms with Gasteiger partial charge in [-0.25, -0.2) is 0 Å². The van der Waals surface area contributed by atoms with Crippen molar-refractivity contribution in [3.05, 3.63) is 29.7 Å². The van der Waals surface area contributed by atoms with Crippen molar-refractivity contribution in [3.8, 4) is 0 Å². The summed E-state index contributed by atoms with van der Waals surface area (Å²) in [5.74, 6) is 3.21. The third kappa shape index (κ3) is 1.22. The normalized spacial score (nSPS) is 49.4. The van der Waals surface area contributed by atoms with Crippen LogP contribution in [-0.2, 0) is 0 Å². The minimum absolute atomic E-state index is 0.614. The zero-order valence-electron chi connectivity index (χ0n) is 10.2. The van der Waals surface area contributed by atoms with Gasteiger partial charge < -0.3 is 0 Å². The molecule has 4 saturated carbocycles. The quantitative estimate of drug-likeness (QED) is 0.609. The molecule has 0 heterocycles. The zero-order chi connectivity index (χ0) is 10.8. The Morgan fingerprint density at radius 1 is 1.00 bits per heavy atom. The third-order valence-corrected chi connectivity index (χ3v) is 5.56. The van der Waals surface area contributed by atoms with E-state index in [9.17, 15) is 0 Å². The molecule has 4 fully saturated rings. The van der Waals surface area contributed by atoms with Gasteiger partial charge in [-0.3, -0.25) is 0 Å². The Morgan fingerprint density at radius 2 is 1.56 bits per heavy atom. The van der Waals surface area contributed by atoms with E-state index in [0.29, 0.717) is 5.41 Å². The maximum Gasteiger partial charge on any atom is 0.00837 e.